The second-order valence-electron chi connectivity index (χ2n) is 4.09. The summed E-state index contributed by atoms with van der Waals surface area (Å²) >= 11 is 2.03. The van der Waals surface area contributed by atoms with Crippen molar-refractivity contribution < 1.29 is 4.74 Å². The molecule has 2 N–H and O–H groups in total. The Labute approximate surface area is 100.0 Å². The lowest BCUT2D eigenvalue weighted by Crippen LogP contribution is -2.14. The third kappa shape index (κ3) is 2.78. The maximum atomic E-state index is 5.80. The first-order valence-corrected chi connectivity index (χ1v) is 6.69. The van der Waals surface area contributed by atoms with Crippen LogP contribution in [0.4, 0.5) is 5.69 Å². The Balaban J connectivity index is 2.01. The smallest absolute Gasteiger partial charge is 0.256 e. The van der Waals surface area contributed by atoms with Crippen LogP contribution in [0, 0.1) is 5.92 Å². The third-order valence-electron chi connectivity index (χ3n) is 2.78. The van der Waals surface area contributed by atoms with Crippen molar-refractivity contribution in [3.63, 3.8) is 0 Å². The van der Waals surface area contributed by atoms with Gasteiger partial charge in [-0.3, -0.25) is 0 Å². The molecular weight excluding hydrogens is 222 g/mol. The van der Waals surface area contributed by atoms with Crippen LogP contribution >= 0.6 is 11.8 Å². The fourth-order valence-electron chi connectivity index (χ4n) is 1.96. The van der Waals surface area contributed by atoms with Gasteiger partial charge >= 0.3 is 0 Å². The van der Waals surface area contributed by atoms with Gasteiger partial charge in [0.1, 0.15) is 0 Å². The van der Waals surface area contributed by atoms with Crippen LogP contribution in [-0.2, 0) is 6.42 Å². The molecule has 5 heteroatoms. The van der Waals surface area contributed by atoms with Crippen molar-refractivity contribution in [3.05, 3.63) is 11.8 Å². The zero-order valence-corrected chi connectivity index (χ0v) is 10.3. The first-order chi connectivity index (χ1) is 7.79. The van der Waals surface area contributed by atoms with Crippen LogP contribution < -0.4 is 10.5 Å². The standard InChI is InChI=1S/C11H17N3OS/c1-15-11-10(12)6-9(13-14-11)5-8-3-2-4-16-7-8/h6,8H,2-5,7H2,1H3,(H2,12,13). The number of nitrogen functional groups attached to an aromatic ring is 1. The van der Waals surface area contributed by atoms with Crippen molar-refractivity contribution in [3.8, 4) is 5.88 Å². The predicted octanol–water partition coefficient (Wildman–Crippen LogP) is 1.75. The van der Waals surface area contributed by atoms with E-state index >= 15 is 0 Å². The van der Waals surface area contributed by atoms with Crippen molar-refractivity contribution in [1.82, 2.24) is 10.2 Å². The SMILES string of the molecule is COc1nnc(CC2CCCSC2)cc1N. The number of methoxy groups -OCH3 is 1. The molecule has 16 heavy (non-hydrogen) atoms. The summed E-state index contributed by atoms with van der Waals surface area (Å²) in [5, 5.41) is 8.10. The molecule has 0 aliphatic carbocycles. The van der Waals surface area contributed by atoms with Crippen molar-refractivity contribution in [1.29, 1.82) is 0 Å². The minimum atomic E-state index is 0.418. The maximum Gasteiger partial charge on any atom is 0.256 e. The Hall–Kier alpha value is -0.970. The number of hydrogen-bond donors (Lipinski definition) is 1. The van der Waals surface area contributed by atoms with E-state index < -0.39 is 0 Å². The molecule has 0 aromatic carbocycles. The molecule has 0 amide bonds. The van der Waals surface area contributed by atoms with Gasteiger partial charge < -0.3 is 10.5 Å². The molecule has 1 aromatic rings. The average molecular weight is 239 g/mol. The number of hydrogen-bond acceptors (Lipinski definition) is 5. The Morgan fingerprint density at radius 1 is 1.56 bits per heavy atom. The number of nitrogens with two attached hydrogens (primary N) is 1. The molecule has 1 saturated heterocycles. The van der Waals surface area contributed by atoms with Crippen molar-refractivity contribution in [2.45, 2.75) is 19.3 Å². The highest BCUT2D eigenvalue weighted by Crippen LogP contribution is 2.26. The van der Waals surface area contributed by atoms with Crippen molar-refractivity contribution in [2.24, 2.45) is 5.92 Å². The second-order valence-corrected chi connectivity index (χ2v) is 5.24. The summed E-state index contributed by atoms with van der Waals surface area (Å²) in [6.07, 6.45) is 3.59. The zero-order valence-electron chi connectivity index (χ0n) is 9.48. The second kappa shape index (κ2) is 5.39. The summed E-state index contributed by atoms with van der Waals surface area (Å²) in [7, 11) is 1.55. The van der Waals surface area contributed by atoms with Crippen LogP contribution in [0.25, 0.3) is 0 Å². The van der Waals surface area contributed by atoms with E-state index in [0.29, 0.717) is 11.6 Å². The van der Waals surface area contributed by atoms with E-state index in [2.05, 4.69) is 10.2 Å². The lowest BCUT2D eigenvalue weighted by Gasteiger charge is -2.20. The van der Waals surface area contributed by atoms with Gasteiger partial charge in [-0.15, -0.1) is 5.10 Å². The molecule has 1 aromatic heterocycles. The van der Waals surface area contributed by atoms with Crippen LogP contribution in [0.3, 0.4) is 0 Å². The number of nitrogens with zero attached hydrogens (tertiary/aromatic N) is 2. The molecule has 2 rings (SSSR count). The predicted molar refractivity (Wildman–Crippen MR) is 66.7 cm³/mol. The molecular formula is C11H17N3OS. The molecule has 1 aliphatic heterocycles. The maximum absolute atomic E-state index is 5.80. The van der Waals surface area contributed by atoms with Crippen LogP contribution in [-0.4, -0.2) is 28.8 Å². The third-order valence-corrected chi connectivity index (χ3v) is 4.07. The highest BCUT2D eigenvalue weighted by molar-refractivity contribution is 7.99. The highest BCUT2D eigenvalue weighted by Gasteiger charge is 2.16. The molecule has 2 heterocycles. The Bertz CT molecular complexity index is 353. The van der Waals surface area contributed by atoms with Crippen LogP contribution in [0.1, 0.15) is 18.5 Å². The van der Waals surface area contributed by atoms with Gasteiger partial charge in [0.15, 0.2) is 0 Å². The molecule has 0 spiro atoms. The molecule has 1 aliphatic rings. The molecule has 0 bridgehead atoms. The monoisotopic (exact) mass is 239 g/mol. The molecule has 1 fully saturated rings. The van der Waals surface area contributed by atoms with Gasteiger partial charge in [0.25, 0.3) is 5.88 Å². The van der Waals surface area contributed by atoms with Crippen LogP contribution in [0.15, 0.2) is 6.07 Å². The topological polar surface area (TPSA) is 61.0 Å². The summed E-state index contributed by atoms with van der Waals surface area (Å²) in [6.45, 7) is 0. The van der Waals surface area contributed by atoms with Gasteiger partial charge in [0.2, 0.25) is 0 Å². The largest absolute Gasteiger partial charge is 0.478 e. The summed E-state index contributed by atoms with van der Waals surface area (Å²) in [6, 6.07) is 1.88. The van der Waals surface area contributed by atoms with E-state index in [9.17, 15) is 0 Å². The fraction of sp³-hybridized carbons (Fsp3) is 0.636. The molecule has 1 atom stereocenters. The number of rotatable bonds is 3. The van der Waals surface area contributed by atoms with Gasteiger partial charge in [0.05, 0.1) is 18.5 Å². The summed E-state index contributed by atoms with van der Waals surface area (Å²) < 4.78 is 4.99. The van der Waals surface area contributed by atoms with E-state index in [-0.39, 0.29) is 0 Å². The Morgan fingerprint density at radius 2 is 2.44 bits per heavy atom. The van der Waals surface area contributed by atoms with E-state index in [1.54, 1.807) is 7.11 Å². The van der Waals surface area contributed by atoms with Gasteiger partial charge in [-0.25, -0.2) is 0 Å². The quantitative estimate of drug-likeness (QED) is 0.870. The van der Waals surface area contributed by atoms with Crippen LogP contribution in [0.2, 0.25) is 0 Å². The van der Waals surface area contributed by atoms with Crippen molar-refractivity contribution in [2.75, 3.05) is 24.3 Å². The van der Waals surface area contributed by atoms with Crippen LogP contribution in [0.5, 0.6) is 5.88 Å². The minimum absolute atomic E-state index is 0.418. The highest BCUT2D eigenvalue weighted by atomic mass is 32.2. The normalized spacial score (nSPS) is 20.7. The van der Waals surface area contributed by atoms with Gasteiger partial charge in [0, 0.05) is 0 Å². The van der Waals surface area contributed by atoms with Gasteiger partial charge in [-0.1, -0.05) is 0 Å². The summed E-state index contributed by atoms with van der Waals surface area (Å²) in [4.78, 5) is 0. The zero-order chi connectivity index (χ0) is 11.4. The lowest BCUT2D eigenvalue weighted by atomic mass is 9.99. The van der Waals surface area contributed by atoms with E-state index in [1.807, 2.05) is 17.8 Å². The Morgan fingerprint density at radius 3 is 3.06 bits per heavy atom. The number of anilines is 1. The summed E-state index contributed by atoms with van der Waals surface area (Å²) in [5.74, 6) is 3.67. The Kier molecular flexibility index (Phi) is 3.88. The van der Waals surface area contributed by atoms with E-state index in [4.69, 9.17) is 10.5 Å². The molecule has 88 valence electrons. The number of ether oxygens (including phenoxy) is 1. The van der Waals surface area contributed by atoms with Gasteiger partial charge in [-0.05, 0) is 42.8 Å². The van der Waals surface area contributed by atoms with Crippen molar-refractivity contribution >= 4 is 17.4 Å². The first-order valence-electron chi connectivity index (χ1n) is 5.53. The van der Waals surface area contributed by atoms with E-state index in [0.717, 1.165) is 18.0 Å². The minimum Gasteiger partial charge on any atom is -0.478 e. The molecule has 4 nitrogen and oxygen atoms in total. The fourth-order valence-corrected chi connectivity index (χ4v) is 3.12. The molecule has 0 saturated carbocycles. The summed E-state index contributed by atoms with van der Waals surface area (Å²) in [5.41, 5.74) is 7.36. The first kappa shape index (κ1) is 11.5. The number of thioether (sulfide) groups is 1. The molecule has 0 radical (unpaired) electrons. The van der Waals surface area contributed by atoms with Gasteiger partial charge in [-0.2, -0.15) is 16.9 Å². The van der Waals surface area contributed by atoms with E-state index in [1.165, 1.54) is 24.3 Å². The lowest BCUT2D eigenvalue weighted by molar-refractivity contribution is 0.392. The average Bonchev–Trinajstić information content (AvgIpc) is 2.31. The number of aromatic nitrogens is 2. The molecule has 1 unspecified atom stereocenters.